The number of carbonyl (C=O) groups excluding carboxylic acids is 1. The molecule has 0 aromatic rings. The third-order valence-electron chi connectivity index (χ3n) is 2.78. The number of carboxylic acid groups (broad SMARTS) is 1. The van der Waals surface area contributed by atoms with Crippen molar-refractivity contribution in [2.24, 2.45) is 4.58 Å². The van der Waals surface area contributed by atoms with Gasteiger partial charge in [0.2, 0.25) is 5.91 Å². The van der Waals surface area contributed by atoms with Crippen molar-refractivity contribution in [3.8, 4) is 0 Å². The number of nitrogens with zero attached hydrogens (tertiary/aromatic N) is 1. The molecule has 0 aliphatic rings. The van der Waals surface area contributed by atoms with Crippen LogP contribution in [-0.2, 0) is 9.59 Å². The Balaban J connectivity index is 4.39. The van der Waals surface area contributed by atoms with Gasteiger partial charge in [0, 0.05) is 23.0 Å². The van der Waals surface area contributed by atoms with E-state index in [1.165, 1.54) is 0 Å². The molecule has 0 unspecified atom stereocenters. The molecule has 0 aliphatic carbocycles. The van der Waals surface area contributed by atoms with E-state index in [0.29, 0.717) is 18.4 Å². The van der Waals surface area contributed by atoms with Crippen molar-refractivity contribution >= 4 is 23.8 Å². The number of nitroso groups, excluding NO2 is 1. The lowest BCUT2D eigenvalue weighted by atomic mass is 10.0. The van der Waals surface area contributed by atoms with Gasteiger partial charge in [-0.15, -0.1) is 4.91 Å². The van der Waals surface area contributed by atoms with Crippen LogP contribution in [0.1, 0.15) is 52.9 Å². The molecule has 0 aromatic carbocycles. The fourth-order valence-electron chi connectivity index (χ4n) is 1.63. The fraction of sp³-hybridized carbons (Fsp3) is 0.833. The summed E-state index contributed by atoms with van der Waals surface area (Å²) in [4.78, 5) is 33.1. The minimum absolute atomic E-state index is 0.303. The van der Waals surface area contributed by atoms with Crippen LogP contribution in [0.4, 0.5) is 0 Å². The summed E-state index contributed by atoms with van der Waals surface area (Å²) in [5.41, 5.74) is 0. The van der Waals surface area contributed by atoms with E-state index < -0.39 is 16.8 Å². The fourth-order valence-corrected chi connectivity index (χ4v) is 2.08. The molecule has 19 heavy (non-hydrogen) atoms. The zero-order chi connectivity index (χ0) is 14.9. The van der Waals surface area contributed by atoms with Crippen LogP contribution in [0.2, 0.25) is 0 Å². The summed E-state index contributed by atoms with van der Waals surface area (Å²) in [5.74, 6) is -1.47. The van der Waals surface area contributed by atoms with E-state index in [9.17, 15) is 14.5 Å². The van der Waals surface area contributed by atoms with E-state index in [1.54, 1.807) is 13.8 Å². The van der Waals surface area contributed by atoms with E-state index in [2.05, 4.69) is 16.8 Å². The van der Waals surface area contributed by atoms with Crippen LogP contribution in [0.15, 0.2) is 4.58 Å². The van der Waals surface area contributed by atoms with Crippen molar-refractivity contribution in [2.75, 3.05) is 0 Å². The molecule has 1 atom stereocenters. The Hall–Kier alpha value is -1.11. The Kier molecular flexibility index (Phi) is 8.38. The molecule has 0 aromatic heterocycles. The zero-order valence-corrected chi connectivity index (χ0v) is 12.5. The molecule has 110 valence electrons. The van der Waals surface area contributed by atoms with Gasteiger partial charge in [-0.05, 0) is 20.3 Å². The standard InChI is InChI=1S/C12H22N2O4S/c1-4-5-6-7-8-9(15)13-10(11(16)17)12(2,3)19-14-18/h10H,4-8H2,1-3H3,(H,13,15)(H,16,17)/t10-/m0/s1. The van der Waals surface area contributed by atoms with Crippen molar-refractivity contribution < 1.29 is 14.7 Å². The molecule has 1 amide bonds. The van der Waals surface area contributed by atoms with Gasteiger partial charge in [-0.1, -0.05) is 26.2 Å². The highest BCUT2D eigenvalue weighted by Crippen LogP contribution is 2.29. The number of nitrogens with one attached hydrogen (secondary N) is 1. The average Bonchev–Trinajstić information content (AvgIpc) is 2.31. The summed E-state index contributed by atoms with van der Waals surface area (Å²) >= 11 is 0.618. The lowest BCUT2D eigenvalue weighted by Gasteiger charge is -2.28. The van der Waals surface area contributed by atoms with Crippen LogP contribution in [0.5, 0.6) is 0 Å². The van der Waals surface area contributed by atoms with Crippen LogP contribution in [0.3, 0.4) is 0 Å². The van der Waals surface area contributed by atoms with Crippen molar-refractivity contribution in [3.05, 3.63) is 4.91 Å². The van der Waals surface area contributed by atoms with Crippen LogP contribution >= 0.6 is 11.9 Å². The third-order valence-corrected chi connectivity index (χ3v) is 3.56. The molecule has 0 radical (unpaired) electrons. The van der Waals surface area contributed by atoms with Gasteiger partial charge in [-0.3, -0.25) is 4.79 Å². The quantitative estimate of drug-likeness (QED) is 0.366. The highest BCUT2D eigenvalue weighted by Gasteiger charge is 2.38. The molecule has 6 nitrogen and oxygen atoms in total. The molecular formula is C12H22N2O4S. The van der Waals surface area contributed by atoms with Gasteiger partial charge in [0.15, 0.2) is 0 Å². The lowest BCUT2D eigenvalue weighted by molar-refractivity contribution is -0.142. The Morgan fingerprint density at radius 3 is 2.42 bits per heavy atom. The summed E-state index contributed by atoms with van der Waals surface area (Å²) < 4.78 is 1.68. The molecule has 7 heteroatoms. The smallest absolute Gasteiger partial charge is 0.327 e. The number of amides is 1. The molecule has 0 saturated carbocycles. The first-order valence-corrected chi connectivity index (χ1v) is 7.15. The SMILES string of the molecule is CCCCCCC(=O)N[C@@H](C(=O)O)C(C)(C)SN=O. The molecule has 2 N–H and O–H groups in total. The Morgan fingerprint density at radius 1 is 1.32 bits per heavy atom. The van der Waals surface area contributed by atoms with E-state index in [0.717, 1.165) is 25.7 Å². The third kappa shape index (κ3) is 7.15. The van der Waals surface area contributed by atoms with Crippen LogP contribution in [-0.4, -0.2) is 27.8 Å². The average molecular weight is 290 g/mol. The second-order valence-corrected chi connectivity index (χ2v) is 6.30. The number of hydrogen-bond donors (Lipinski definition) is 2. The van der Waals surface area contributed by atoms with E-state index in [-0.39, 0.29) is 5.91 Å². The van der Waals surface area contributed by atoms with Crippen LogP contribution < -0.4 is 5.32 Å². The number of rotatable bonds is 10. The summed E-state index contributed by atoms with van der Waals surface area (Å²) in [6.45, 7) is 5.21. The van der Waals surface area contributed by atoms with Crippen LogP contribution in [0, 0.1) is 4.91 Å². The molecule has 0 bridgehead atoms. The zero-order valence-electron chi connectivity index (χ0n) is 11.6. The van der Waals surface area contributed by atoms with Gasteiger partial charge in [0.05, 0.1) is 4.75 Å². The first kappa shape index (κ1) is 17.9. The van der Waals surface area contributed by atoms with Gasteiger partial charge in [-0.25, -0.2) is 4.79 Å². The number of unbranched alkanes of at least 4 members (excludes halogenated alkanes) is 3. The second kappa shape index (κ2) is 8.90. The molecule has 0 saturated heterocycles. The Labute approximate surface area is 117 Å². The Bertz CT molecular complexity index is 321. The number of hydrogen-bond acceptors (Lipinski definition) is 5. The van der Waals surface area contributed by atoms with Crippen LogP contribution in [0.25, 0.3) is 0 Å². The Morgan fingerprint density at radius 2 is 1.95 bits per heavy atom. The molecule has 0 spiro atoms. The van der Waals surface area contributed by atoms with Crippen molar-refractivity contribution in [2.45, 2.75) is 63.7 Å². The maximum Gasteiger partial charge on any atom is 0.327 e. The maximum atomic E-state index is 11.7. The van der Waals surface area contributed by atoms with Gasteiger partial charge >= 0.3 is 5.97 Å². The summed E-state index contributed by atoms with van der Waals surface area (Å²) in [5, 5.41) is 11.6. The highest BCUT2D eigenvalue weighted by atomic mass is 32.2. The monoisotopic (exact) mass is 290 g/mol. The van der Waals surface area contributed by atoms with E-state index in [1.807, 2.05) is 0 Å². The first-order chi connectivity index (χ1) is 8.85. The van der Waals surface area contributed by atoms with E-state index >= 15 is 0 Å². The minimum Gasteiger partial charge on any atom is -0.480 e. The topological polar surface area (TPSA) is 95.8 Å². The summed E-state index contributed by atoms with van der Waals surface area (Å²) in [7, 11) is 0. The van der Waals surface area contributed by atoms with Gasteiger partial charge in [0.25, 0.3) is 0 Å². The normalized spacial score (nSPS) is 12.8. The number of aliphatic carboxylic acids is 1. The van der Waals surface area contributed by atoms with Gasteiger partial charge in [0.1, 0.15) is 6.04 Å². The lowest BCUT2D eigenvalue weighted by Crippen LogP contribution is -2.52. The summed E-state index contributed by atoms with van der Waals surface area (Å²) in [6.07, 6.45) is 4.14. The molecule has 0 aliphatic heterocycles. The highest BCUT2D eigenvalue weighted by molar-refractivity contribution is 7.99. The predicted molar refractivity (Wildman–Crippen MR) is 75.8 cm³/mol. The summed E-state index contributed by atoms with van der Waals surface area (Å²) in [6, 6.07) is -1.13. The molecular weight excluding hydrogens is 268 g/mol. The number of carboxylic acids is 1. The van der Waals surface area contributed by atoms with E-state index in [4.69, 9.17) is 5.11 Å². The predicted octanol–water partition coefficient (Wildman–Crippen LogP) is 2.72. The molecule has 0 fully saturated rings. The van der Waals surface area contributed by atoms with Gasteiger partial charge in [-0.2, -0.15) is 0 Å². The minimum atomic E-state index is -1.16. The maximum absolute atomic E-state index is 11.7. The van der Waals surface area contributed by atoms with Gasteiger partial charge < -0.3 is 10.4 Å². The largest absolute Gasteiger partial charge is 0.480 e. The van der Waals surface area contributed by atoms with Crippen molar-refractivity contribution in [1.82, 2.24) is 5.32 Å². The first-order valence-electron chi connectivity index (χ1n) is 6.38. The van der Waals surface area contributed by atoms with Crippen molar-refractivity contribution in [3.63, 3.8) is 0 Å². The second-order valence-electron chi connectivity index (χ2n) is 4.92. The molecule has 0 heterocycles. The van der Waals surface area contributed by atoms with Crippen molar-refractivity contribution in [1.29, 1.82) is 0 Å². The number of carbonyl (C=O) groups is 2. The molecule has 0 rings (SSSR count).